The molecule has 0 spiro atoms. The summed E-state index contributed by atoms with van der Waals surface area (Å²) in [7, 11) is 0. The Kier molecular flexibility index (Phi) is 6.62. The highest BCUT2D eigenvalue weighted by Crippen LogP contribution is 2.35. The molecular weight excluding hydrogens is 429 g/mol. The lowest BCUT2D eigenvalue weighted by atomic mass is 10.1. The number of anilines is 1. The second-order valence-electron chi connectivity index (χ2n) is 6.71. The van der Waals surface area contributed by atoms with Crippen LogP contribution in [0.5, 0.6) is 0 Å². The fourth-order valence-electron chi connectivity index (χ4n) is 2.92. The first kappa shape index (κ1) is 22.3. The highest BCUT2D eigenvalue weighted by molar-refractivity contribution is 7.20. The molecule has 0 fully saturated rings. The molecule has 2 aromatic carbocycles. The third-order valence-electron chi connectivity index (χ3n) is 4.39. The van der Waals surface area contributed by atoms with Gasteiger partial charge in [0.05, 0.1) is 11.1 Å². The Hall–Kier alpha value is -3.37. The minimum atomic E-state index is -4.37. The topological polar surface area (TPSA) is 110 Å². The zero-order valence-electron chi connectivity index (χ0n) is 16.1. The number of halogens is 3. The average Bonchev–Trinajstić information content (AvgIpc) is 3.11. The minimum Gasteiger partial charge on any atom is -0.366 e. The number of carbonyl (C=O) groups excluding carboxylic acids is 2. The van der Waals surface area contributed by atoms with Gasteiger partial charge in [-0.05, 0) is 28.8 Å². The molecule has 1 aromatic heterocycles. The van der Waals surface area contributed by atoms with Gasteiger partial charge < -0.3 is 16.8 Å². The number of primary amides is 2. The van der Waals surface area contributed by atoms with Gasteiger partial charge in [-0.25, -0.2) is 4.79 Å². The number of nitrogens with two attached hydrogens (primary N) is 2. The van der Waals surface area contributed by atoms with Gasteiger partial charge in [-0.3, -0.25) is 10.1 Å². The van der Waals surface area contributed by atoms with Gasteiger partial charge >= 0.3 is 12.2 Å². The maximum atomic E-state index is 12.8. The molecule has 162 valence electrons. The standard InChI is InChI=1S/C21H19F3N4O2S/c22-21(23,24)15-3-1-2-13(8-15)11-27-10-12-4-6-14(7-5-12)17-9-16(18(25)29)19(31-17)28-20(26)30/h1-9,27H,10-11H2,(H2,25,29)(H3,26,28,30). The number of hydrogen-bond acceptors (Lipinski definition) is 4. The zero-order chi connectivity index (χ0) is 22.6. The van der Waals surface area contributed by atoms with E-state index in [0.717, 1.165) is 28.1 Å². The van der Waals surface area contributed by atoms with Gasteiger partial charge in [0.2, 0.25) is 0 Å². The second-order valence-corrected chi connectivity index (χ2v) is 7.76. The fourth-order valence-corrected chi connectivity index (χ4v) is 3.99. The lowest BCUT2D eigenvalue weighted by Gasteiger charge is -2.10. The van der Waals surface area contributed by atoms with Crippen LogP contribution >= 0.6 is 11.3 Å². The van der Waals surface area contributed by atoms with Gasteiger partial charge in [0, 0.05) is 18.0 Å². The van der Waals surface area contributed by atoms with E-state index in [4.69, 9.17) is 11.5 Å². The van der Waals surface area contributed by atoms with Crippen molar-refractivity contribution in [2.75, 3.05) is 5.32 Å². The van der Waals surface area contributed by atoms with Crippen LogP contribution in [0.15, 0.2) is 54.6 Å². The normalized spacial score (nSPS) is 11.3. The molecule has 3 rings (SSSR count). The third kappa shape index (κ3) is 5.83. The quantitative estimate of drug-likeness (QED) is 0.432. The van der Waals surface area contributed by atoms with Crippen LogP contribution in [0.4, 0.5) is 23.0 Å². The maximum Gasteiger partial charge on any atom is 0.416 e. The molecule has 0 aliphatic carbocycles. The van der Waals surface area contributed by atoms with Crippen molar-refractivity contribution in [2.45, 2.75) is 19.3 Å². The molecule has 0 aliphatic rings. The predicted molar refractivity (Wildman–Crippen MR) is 113 cm³/mol. The van der Waals surface area contributed by atoms with Crippen molar-refractivity contribution in [3.05, 3.63) is 76.9 Å². The Morgan fingerprint density at radius 2 is 1.61 bits per heavy atom. The molecular formula is C21H19F3N4O2S. The smallest absolute Gasteiger partial charge is 0.366 e. The number of amides is 3. The van der Waals surface area contributed by atoms with Crippen molar-refractivity contribution < 1.29 is 22.8 Å². The van der Waals surface area contributed by atoms with E-state index in [1.807, 2.05) is 24.3 Å². The van der Waals surface area contributed by atoms with E-state index < -0.39 is 23.7 Å². The Bertz CT molecular complexity index is 1090. The summed E-state index contributed by atoms with van der Waals surface area (Å²) in [4.78, 5) is 23.4. The monoisotopic (exact) mass is 448 g/mol. The van der Waals surface area contributed by atoms with Gasteiger partial charge in [-0.2, -0.15) is 13.2 Å². The predicted octanol–water partition coefficient (Wildman–Crippen LogP) is 4.31. The van der Waals surface area contributed by atoms with E-state index in [1.165, 1.54) is 17.4 Å². The lowest BCUT2D eigenvalue weighted by molar-refractivity contribution is -0.137. The van der Waals surface area contributed by atoms with Crippen LogP contribution in [0.2, 0.25) is 0 Å². The summed E-state index contributed by atoms with van der Waals surface area (Å²) in [5.41, 5.74) is 12.2. The van der Waals surface area contributed by atoms with Crippen molar-refractivity contribution in [3.63, 3.8) is 0 Å². The zero-order valence-corrected chi connectivity index (χ0v) is 16.9. The molecule has 1 heterocycles. The molecule has 3 aromatic rings. The minimum absolute atomic E-state index is 0.172. The third-order valence-corrected chi connectivity index (χ3v) is 5.48. The van der Waals surface area contributed by atoms with E-state index >= 15 is 0 Å². The van der Waals surface area contributed by atoms with Crippen LogP contribution in [-0.4, -0.2) is 11.9 Å². The Morgan fingerprint density at radius 1 is 0.935 bits per heavy atom. The summed E-state index contributed by atoms with van der Waals surface area (Å²) in [6.45, 7) is 0.753. The van der Waals surface area contributed by atoms with Crippen molar-refractivity contribution in [3.8, 4) is 10.4 Å². The van der Waals surface area contributed by atoms with Gasteiger partial charge in [-0.15, -0.1) is 11.3 Å². The first-order valence-corrected chi connectivity index (χ1v) is 9.91. The Balaban J connectivity index is 1.65. The maximum absolute atomic E-state index is 12.8. The summed E-state index contributed by atoms with van der Waals surface area (Å²) >= 11 is 1.17. The molecule has 6 nitrogen and oxygen atoms in total. The van der Waals surface area contributed by atoms with Crippen LogP contribution in [0, 0.1) is 0 Å². The summed E-state index contributed by atoms with van der Waals surface area (Å²) < 4.78 is 38.4. The van der Waals surface area contributed by atoms with E-state index in [1.54, 1.807) is 12.1 Å². The van der Waals surface area contributed by atoms with E-state index in [2.05, 4.69) is 10.6 Å². The van der Waals surface area contributed by atoms with Crippen molar-refractivity contribution >= 4 is 28.3 Å². The highest BCUT2D eigenvalue weighted by Gasteiger charge is 2.30. The molecule has 10 heteroatoms. The van der Waals surface area contributed by atoms with Crippen molar-refractivity contribution in [1.82, 2.24) is 5.32 Å². The number of rotatable bonds is 7. The highest BCUT2D eigenvalue weighted by atomic mass is 32.1. The van der Waals surface area contributed by atoms with Gasteiger partial charge in [0.1, 0.15) is 5.00 Å². The number of hydrogen-bond donors (Lipinski definition) is 4. The Labute approximate surface area is 180 Å². The first-order chi connectivity index (χ1) is 14.6. The molecule has 0 unspecified atom stereocenters. The van der Waals surface area contributed by atoms with Crippen LogP contribution in [-0.2, 0) is 19.3 Å². The first-order valence-electron chi connectivity index (χ1n) is 9.10. The molecule has 6 N–H and O–H groups in total. The molecule has 0 aliphatic heterocycles. The number of benzene rings is 2. The number of nitrogens with one attached hydrogen (secondary N) is 2. The molecule has 0 bridgehead atoms. The summed E-state index contributed by atoms with van der Waals surface area (Å²) in [6, 6.07) is 13.4. The van der Waals surface area contributed by atoms with Crippen LogP contribution in [0.1, 0.15) is 27.0 Å². The second kappa shape index (κ2) is 9.19. The molecule has 0 saturated heterocycles. The van der Waals surface area contributed by atoms with Gasteiger partial charge in [0.25, 0.3) is 5.91 Å². The largest absolute Gasteiger partial charge is 0.416 e. The van der Waals surface area contributed by atoms with E-state index in [-0.39, 0.29) is 10.6 Å². The SMILES string of the molecule is NC(=O)Nc1sc(-c2ccc(CNCc3cccc(C(F)(F)F)c3)cc2)cc1C(N)=O. The van der Waals surface area contributed by atoms with Crippen LogP contribution in [0.25, 0.3) is 10.4 Å². The summed E-state index contributed by atoms with van der Waals surface area (Å²) in [5, 5.41) is 5.79. The summed E-state index contributed by atoms with van der Waals surface area (Å²) in [6.07, 6.45) is -4.37. The number of alkyl halides is 3. The van der Waals surface area contributed by atoms with Crippen molar-refractivity contribution in [1.29, 1.82) is 0 Å². The van der Waals surface area contributed by atoms with Crippen molar-refractivity contribution in [2.24, 2.45) is 11.5 Å². The molecule has 0 atom stereocenters. The number of carbonyl (C=O) groups is 2. The van der Waals surface area contributed by atoms with E-state index in [9.17, 15) is 22.8 Å². The lowest BCUT2D eigenvalue weighted by Crippen LogP contribution is -2.21. The van der Waals surface area contributed by atoms with E-state index in [0.29, 0.717) is 18.7 Å². The molecule has 0 radical (unpaired) electrons. The van der Waals surface area contributed by atoms with Gasteiger partial charge in [-0.1, -0.05) is 42.5 Å². The fraction of sp³-hybridized carbons (Fsp3) is 0.143. The number of thiophene rings is 1. The average molecular weight is 448 g/mol. The summed E-state index contributed by atoms with van der Waals surface area (Å²) in [5.74, 6) is -0.679. The molecule has 31 heavy (non-hydrogen) atoms. The van der Waals surface area contributed by atoms with Crippen LogP contribution in [0.3, 0.4) is 0 Å². The molecule has 0 saturated carbocycles. The Morgan fingerprint density at radius 3 is 2.23 bits per heavy atom. The number of urea groups is 1. The van der Waals surface area contributed by atoms with Gasteiger partial charge in [0.15, 0.2) is 0 Å². The van der Waals surface area contributed by atoms with Crippen LogP contribution < -0.4 is 22.1 Å². The molecule has 3 amide bonds.